The number of carboxylic acids is 1. The molecule has 0 saturated carbocycles. The van der Waals surface area contributed by atoms with E-state index in [-0.39, 0.29) is 37.2 Å². The third kappa shape index (κ3) is 3.72. The number of benzene rings is 1. The van der Waals surface area contributed by atoms with Gasteiger partial charge in [-0.25, -0.2) is 0 Å². The molecule has 2 amide bonds. The first-order chi connectivity index (χ1) is 12.5. The van der Waals surface area contributed by atoms with Crippen molar-refractivity contribution in [1.29, 1.82) is 0 Å². The zero-order chi connectivity index (χ0) is 18.7. The van der Waals surface area contributed by atoms with Gasteiger partial charge in [-0.05, 0) is 24.5 Å². The number of para-hydroxylation sites is 1. The van der Waals surface area contributed by atoms with Crippen LogP contribution in [0.25, 0.3) is 0 Å². The van der Waals surface area contributed by atoms with Gasteiger partial charge in [0.15, 0.2) is 0 Å². The fourth-order valence-electron chi connectivity index (χ4n) is 3.75. The normalized spacial score (nSPS) is 20.6. The molecule has 7 heteroatoms. The van der Waals surface area contributed by atoms with Crippen molar-refractivity contribution in [3.05, 3.63) is 29.8 Å². The topological polar surface area (TPSA) is 87.2 Å². The predicted molar refractivity (Wildman–Crippen MR) is 95.0 cm³/mol. The highest BCUT2D eigenvalue weighted by Gasteiger charge is 2.38. The van der Waals surface area contributed by atoms with E-state index in [1.807, 2.05) is 24.3 Å². The molecule has 140 valence electrons. The van der Waals surface area contributed by atoms with Gasteiger partial charge in [0.2, 0.25) is 11.8 Å². The van der Waals surface area contributed by atoms with E-state index in [0.717, 1.165) is 11.3 Å². The van der Waals surface area contributed by atoms with Crippen LogP contribution in [-0.2, 0) is 19.1 Å². The average Bonchev–Trinajstić information content (AvgIpc) is 2.65. The summed E-state index contributed by atoms with van der Waals surface area (Å²) in [5.74, 6) is -1.76. The summed E-state index contributed by atoms with van der Waals surface area (Å²) in [6, 6.07) is 7.37. The van der Waals surface area contributed by atoms with E-state index in [4.69, 9.17) is 9.84 Å². The largest absolute Gasteiger partial charge is 0.481 e. The van der Waals surface area contributed by atoms with Crippen LogP contribution in [0.15, 0.2) is 24.3 Å². The van der Waals surface area contributed by atoms with E-state index in [1.54, 1.807) is 16.8 Å². The highest BCUT2D eigenvalue weighted by atomic mass is 16.5. The molecule has 1 N–H and O–H groups in total. The summed E-state index contributed by atoms with van der Waals surface area (Å²) in [7, 11) is 1.71. The number of hydrogen-bond acceptors (Lipinski definition) is 4. The van der Waals surface area contributed by atoms with Gasteiger partial charge in [-0.1, -0.05) is 18.2 Å². The van der Waals surface area contributed by atoms with Crippen molar-refractivity contribution in [2.75, 3.05) is 31.7 Å². The fourth-order valence-corrected chi connectivity index (χ4v) is 3.75. The summed E-state index contributed by atoms with van der Waals surface area (Å²) in [5.41, 5.74) is 1.57. The van der Waals surface area contributed by atoms with Crippen molar-refractivity contribution in [3.63, 3.8) is 0 Å². The third-order valence-electron chi connectivity index (χ3n) is 5.21. The number of carboxylic acid groups (broad SMARTS) is 1. The van der Waals surface area contributed by atoms with Crippen LogP contribution in [0.5, 0.6) is 0 Å². The van der Waals surface area contributed by atoms with E-state index in [2.05, 4.69) is 0 Å². The Hall–Kier alpha value is -2.41. The fraction of sp³-hybridized carbons (Fsp3) is 0.526. The molecular formula is C19H24N2O5. The Bertz CT molecular complexity index is 699. The minimum Gasteiger partial charge on any atom is -0.481 e. The molecule has 1 fully saturated rings. The van der Waals surface area contributed by atoms with Crippen molar-refractivity contribution >= 4 is 23.5 Å². The molecule has 2 aliphatic heterocycles. The number of carbonyl (C=O) groups excluding carboxylic acids is 2. The van der Waals surface area contributed by atoms with Gasteiger partial charge in [0.05, 0.1) is 12.3 Å². The monoisotopic (exact) mass is 360 g/mol. The van der Waals surface area contributed by atoms with Crippen LogP contribution in [0.3, 0.4) is 0 Å². The summed E-state index contributed by atoms with van der Waals surface area (Å²) in [6.45, 7) is 1.27. The van der Waals surface area contributed by atoms with E-state index in [0.29, 0.717) is 26.1 Å². The van der Waals surface area contributed by atoms with Crippen molar-refractivity contribution in [2.45, 2.75) is 37.6 Å². The lowest BCUT2D eigenvalue weighted by Gasteiger charge is -2.38. The van der Waals surface area contributed by atoms with Gasteiger partial charge >= 0.3 is 5.97 Å². The van der Waals surface area contributed by atoms with Crippen LogP contribution in [-0.4, -0.2) is 60.6 Å². The number of anilines is 1. The second kappa shape index (κ2) is 7.86. The molecule has 3 rings (SSSR count). The van der Waals surface area contributed by atoms with E-state index in [1.165, 1.54) is 0 Å². The Labute approximate surface area is 152 Å². The first-order valence-electron chi connectivity index (χ1n) is 8.94. The first-order valence-corrected chi connectivity index (χ1v) is 8.94. The molecule has 0 unspecified atom stereocenters. The summed E-state index contributed by atoms with van der Waals surface area (Å²) < 4.78 is 5.37. The quantitative estimate of drug-likeness (QED) is 0.862. The van der Waals surface area contributed by atoms with Crippen molar-refractivity contribution in [3.8, 4) is 0 Å². The average molecular weight is 360 g/mol. The van der Waals surface area contributed by atoms with Crippen molar-refractivity contribution in [2.24, 2.45) is 0 Å². The molecule has 1 aromatic carbocycles. The number of rotatable bonds is 5. The maximum Gasteiger partial charge on any atom is 0.305 e. The number of carbonyl (C=O) groups is 3. The maximum absolute atomic E-state index is 13.3. The Morgan fingerprint density at radius 3 is 2.65 bits per heavy atom. The highest BCUT2D eigenvalue weighted by molar-refractivity contribution is 6.02. The summed E-state index contributed by atoms with van der Waals surface area (Å²) in [5, 5.41) is 9.06. The maximum atomic E-state index is 13.3. The van der Waals surface area contributed by atoms with Crippen LogP contribution in [0.1, 0.15) is 37.2 Å². The molecule has 1 saturated heterocycles. The number of amides is 2. The minimum atomic E-state index is -0.935. The van der Waals surface area contributed by atoms with Crippen LogP contribution in [0.2, 0.25) is 0 Å². The predicted octanol–water partition coefficient (Wildman–Crippen LogP) is 1.62. The third-order valence-corrected chi connectivity index (χ3v) is 5.21. The Morgan fingerprint density at radius 2 is 1.96 bits per heavy atom. The van der Waals surface area contributed by atoms with Crippen LogP contribution in [0, 0.1) is 0 Å². The highest BCUT2D eigenvalue weighted by Crippen LogP contribution is 2.37. The Morgan fingerprint density at radius 1 is 1.27 bits per heavy atom. The van der Waals surface area contributed by atoms with Crippen molar-refractivity contribution in [1.82, 2.24) is 4.90 Å². The summed E-state index contributed by atoms with van der Waals surface area (Å²) >= 11 is 0. The van der Waals surface area contributed by atoms with Gasteiger partial charge in [0.1, 0.15) is 0 Å². The lowest BCUT2D eigenvalue weighted by molar-refractivity contribution is -0.142. The minimum absolute atomic E-state index is 0.0440. The lowest BCUT2D eigenvalue weighted by Crippen LogP contribution is -2.48. The molecule has 2 heterocycles. The van der Waals surface area contributed by atoms with Gasteiger partial charge in [-0.3, -0.25) is 14.4 Å². The SMILES string of the molecule is CN1C(=O)C[C@H](C(=O)N(CCC(=O)O)C2CCOCC2)c2ccccc21. The molecule has 0 aliphatic carbocycles. The number of nitrogens with zero attached hydrogens (tertiary/aromatic N) is 2. The second-order valence-electron chi connectivity index (χ2n) is 6.79. The van der Waals surface area contributed by atoms with E-state index < -0.39 is 11.9 Å². The summed E-state index contributed by atoms with van der Waals surface area (Å²) in [6.07, 6.45) is 1.38. The molecule has 0 bridgehead atoms. The van der Waals surface area contributed by atoms with E-state index in [9.17, 15) is 14.4 Å². The van der Waals surface area contributed by atoms with Crippen LogP contribution >= 0.6 is 0 Å². The zero-order valence-electron chi connectivity index (χ0n) is 14.9. The van der Waals surface area contributed by atoms with Crippen molar-refractivity contribution < 1.29 is 24.2 Å². The van der Waals surface area contributed by atoms with Gasteiger partial charge in [0, 0.05) is 45.0 Å². The molecular weight excluding hydrogens is 336 g/mol. The number of aliphatic carboxylic acids is 1. The number of hydrogen-bond donors (Lipinski definition) is 1. The molecule has 2 aliphatic rings. The van der Waals surface area contributed by atoms with Gasteiger partial charge < -0.3 is 19.6 Å². The molecule has 26 heavy (non-hydrogen) atoms. The molecule has 1 aromatic rings. The Balaban J connectivity index is 1.89. The van der Waals surface area contributed by atoms with E-state index >= 15 is 0 Å². The standard InChI is InChI=1S/C19H24N2O5/c1-20-16-5-3-2-4-14(16)15(12-17(20)22)19(25)21(9-6-18(23)24)13-7-10-26-11-8-13/h2-5,13,15H,6-12H2,1H3,(H,23,24)/t15-/m0/s1. The second-order valence-corrected chi connectivity index (χ2v) is 6.79. The molecule has 1 atom stereocenters. The van der Waals surface area contributed by atoms with Crippen LogP contribution in [0.4, 0.5) is 5.69 Å². The Kier molecular flexibility index (Phi) is 5.56. The lowest BCUT2D eigenvalue weighted by atomic mass is 9.87. The number of ether oxygens (including phenoxy) is 1. The van der Waals surface area contributed by atoms with Crippen LogP contribution < -0.4 is 4.90 Å². The molecule has 7 nitrogen and oxygen atoms in total. The van der Waals surface area contributed by atoms with Gasteiger partial charge in [-0.2, -0.15) is 0 Å². The number of fused-ring (bicyclic) bond motifs is 1. The molecule has 0 spiro atoms. The zero-order valence-corrected chi connectivity index (χ0v) is 14.9. The van der Waals surface area contributed by atoms with Gasteiger partial charge in [-0.15, -0.1) is 0 Å². The summed E-state index contributed by atoms with van der Waals surface area (Å²) in [4.78, 5) is 40.0. The van der Waals surface area contributed by atoms with Gasteiger partial charge in [0.25, 0.3) is 0 Å². The first kappa shape index (κ1) is 18.4. The molecule has 0 radical (unpaired) electrons. The molecule has 0 aromatic heterocycles. The smallest absolute Gasteiger partial charge is 0.305 e.